The topological polar surface area (TPSA) is 210 Å². The van der Waals surface area contributed by atoms with Gasteiger partial charge in [-0.3, -0.25) is 19.2 Å². The first-order valence-corrected chi connectivity index (χ1v) is 29.0. The molecule has 3 aromatic carbocycles. The van der Waals surface area contributed by atoms with Gasteiger partial charge in [-0.25, -0.2) is 9.97 Å². The Balaban J connectivity index is 0.697. The van der Waals surface area contributed by atoms with Crippen molar-refractivity contribution in [3.05, 3.63) is 105 Å². The van der Waals surface area contributed by atoms with Crippen LogP contribution < -0.4 is 25.4 Å². The molecule has 20 heteroatoms. The van der Waals surface area contributed by atoms with E-state index < -0.39 is 18.2 Å². The van der Waals surface area contributed by atoms with Gasteiger partial charge in [0.15, 0.2) is 0 Å². The summed E-state index contributed by atoms with van der Waals surface area (Å²) < 4.78 is 24.8. The summed E-state index contributed by atoms with van der Waals surface area (Å²) in [5.74, 6) is 1.85. The molecule has 4 N–H and O–H groups in total. The molecule has 5 aromatic rings. The number of benzene rings is 3. The molecule has 2 aliphatic heterocycles. The second-order valence-electron chi connectivity index (χ2n) is 20.5. The summed E-state index contributed by atoms with van der Waals surface area (Å²) in [5.41, 5.74) is 6.74. The zero-order valence-corrected chi connectivity index (χ0v) is 47.6. The molecule has 8 rings (SSSR count). The van der Waals surface area contributed by atoms with E-state index >= 15 is 0 Å². The van der Waals surface area contributed by atoms with Crippen molar-refractivity contribution in [1.29, 1.82) is 0 Å². The standard InChI is InChI=1S/C58H74BrN9O9S/c1-38(2)51(68-35-43-13-5-6-16-47(43)56(68)72)57(73)67-36-45(69)32-49(67)54(70)61-33-42-18-17-41(52-39(3)63-37-78-52)31-50(42)77-30-12-28-75-26-8-7-25-74-27-11-29-76-46-21-19-44(20-22-46)64-58-62-34-48(59)53(65-58)60-23-10-24-66(4)55(71)40-14-9-15-40/h5-6,13,16-22,31,34,37-38,40,45,49,51,69H,7-12,14-15,23-30,32-33,35-36H2,1-4H3,(H,61,70)(H2,60,62,64,65)/t45-,49+,51?/m1/s1. The minimum atomic E-state index is -0.897. The average molecular weight is 1150 g/mol. The van der Waals surface area contributed by atoms with Gasteiger partial charge in [0.2, 0.25) is 23.7 Å². The summed E-state index contributed by atoms with van der Waals surface area (Å²) in [4.78, 5) is 73.4. The maximum absolute atomic E-state index is 14.3. The second kappa shape index (κ2) is 28.6. The summed E-state index contributed by atoms with van der Waals surface area (Å²) in [7, 11) is 1.88. The molecule has 1 saturated heterocycles. The number of aromatic nitrogens is 3. The molecule has 78 heavy (non-hydrogen) atoms. The molecule has 0 bridgehead atoms. The lowest BCUT2D eigenvalue weighted by molar-refractivity contribution is -0.143. The van der Waals surface area contributed by atoms with Crippen LogP contribution >= 0.6 is 27.3 Å². The van der Waals surface area contributed by atoms with Crippen LogP contribution in [0.25, 0.3) is 10.4 Å². The number of nitrogens with one attached hydrogen (secondary N) is 3. The number of ether oxygens (including phenoxy) is 4. The number of likely N-dealkylation sites (tertiary alicyclic amines) is 1. The Bertz CT molecular complexity index is 2800. The monoisotopic (exact) mass is 1150 g/mol. The van der Waals surface area contributed by atoms with Crippen LogP contribution in [0.5, 0.6) is 11.5 Å². The zero-order chi connectivity index (χ0) is 55.0. The maximum Gasteiger partial charge on any atom is 0.255 e. The number of thiazole rings is 1. The number of aliphatic hydroxyl groups is 1. The van der Waals surface area contributed by atoms with Crippen molar-refractivity contribution in [1.82, 2.24) is 35.0 Å². The number of carbonyl (C=O) groups is 4. The van der Waals surface area contributed by atoms with Gasteiger partial charge in [0.1, 0.15) is 29.4 Å². The lowest BCUT2D eigenvalue weighted by Gasteiger charge is -2.35. The fraction of sp³-hybridized carbons (Fsp3) is 0.500. The number of carbonyl (C=O) groups excluding carboxylic acids is 4. The molecule has 1 aliphatic carbocycles. The molecule has 3 atom stereocenters. The predicted octanol–water partition coefficient (Wildman–Crippen LogP) is 8.79. The third kappa shape index (κ3) is 15.5. The molecule has 18 nitrogen and oxygen atoms in total. The van der Waals surface area contributed by atoms with E-state index in [1.54, 1.807) is 28.5 Å². The van der Waals surface area contributed by atoms with Gasteiger partial charge in [-0.1, -0.05) is 50.6 Å². The summed E-state index contributed by atoms with van der Waals surface area (Å²) in [5, 5.41) is 20.4. The van der Waals surface area contributed by atoms with Gasteiger partial charge in [-0.05, 0) is 108 Å². The normalized spacial score (nSPS) is 16.5. The van der Waals surface area contributed by atoms with Gasteiger partial charge < -0.3 is 54.7 Å². The van der Waals surface area contributed by atoms with Crippen molar-refractivity contribution in [2.45, 2.75) is 110 Å². The third-order valence-electron chi connectivity index (χ3n) is 14.3. The van der Waals surface area contributed by atoms with E-state index in [1.165, 1.54) is 4.90 Å². The number of unbranched alkanes of at least 4 members (excludes halogenated alkanes) is 1. The highest BCUT2D eigenvalue weighted by molar-refractivity contribution is 9.10. The number of amides is 4. The van der Waals surface area contributed by atoms with Crippen LogP contribution in [0, 0.1) is 18.8 Å². The quantitative estimate of drug-likeness (QED) is 0.0317. The van der Waals surface area contributed by atoms with Crippen molar-refractivity contribution in [2.75, 3.05) is 77.0 Å². The lowest BCUT2D eigenvalue weighted by Crippen LogP contribution is -2.55. The fourth-order valence-corrected chi connectivity index (χ4v) is 11.0. The number of hydrogen-bond acceptors (Lipinski definition) is 15. The molecule has 4 amide bonds. The highest BCUT2D eigenvalue weighted by Gasteiger charge is 2.46. The third-order valence-corrected chi connectivity index (χ3v) is 15.9. The van der Waals surface area contributed by atoms with E-state index in [2.05, 4.69) is 46.8 Å². The first-order valence-electron chi connectivity index (χ1n) is 27.3. The molecule has 1 saturated carbocycles. The average Bonchev–Trinajstić information content (AvgIpc) is 4.20. The highest BCUT2D eigenvalue weighted by atomic mass is 79.9. The van der Waals surface area contributed by atoms with Crippen molar-refractivity contribution < 1.29 is 43.2 Å². The molecule has 0 spiro atoms. The molecule has 3 aliphatic rings. The summed E-state index contributed by atoms with van der Waals surface area (Å²) >= 11 is 5.08. The van der Waals surface area contributed by atoms with Gasteiger partial charge in [-0.2, -0.15) is 4.98 Å². The Morgan fingerprint density at radius 2 is 1.64 bits per heavy atom. The molecule has 2 fully saturated rings. The number of fused-ring (bicyclic) bond motifs is 1. The van der Waals surface area contributed by atoms with Crippen LogP contribution in [-0.2, 0) is 36.9 Å². The fourth-order valence-electron chi connectivity index (χ4n) is 9.83. The van der Waals surface area contributed by atoms with Crippen LogP contribution in [0.1, 0.15) is 98.8 Å². The van der Waals surface area contributed by atoms with Gasteiger partial charge >= 0.3 is 0 Å². The minimum Gasteiger partial charge on any atom is -0.494 e. The Labute approximate surface area is 470 Å². The Kier molecular flexibility index (Phi) is 21.3. The second-order valence-corrected chi connectivity index (χ2v) is 22.2. The Hall–Kier alpha value is -6.19. The van der Waals surface area contributed by atoms with Crippen LogP contribution in [0.15, 0.2) is 82.9 Å². The number of β-amino-alcohol motifs (C(OH)–C–C–N with tert-alkyl or cyclic N) is 1. The summed E-state index contributed by atoms with van der Waals surface area (Å²) in [6.07, 6.45) is 8.09. The number of nitrogens with zero attached hydrogens (tertiary/aromatic N) is 6. The van der Waals surface area contributed by atoms with Crippen molar-refractivity contribution in [3.8, 4) is 21.9 Å². The van der Waals surface area contributed by atoms with Gasteiger partial charge in [0.05, 0.1) is 39.9 Å². The van der Waals surface area contributed by atoms with E-state index in [9.17, 15) is 24.3 Å². The van der Waals surface area contributed by atoms with Crippen molar-refractivity contribution in [3.63, 3.8) is 0 Å². The zero-order valence-electron chi connectivity index (χ0n) is 45.2. The van der Waals surface area contributed by atoms with E-state index in [-0.39, 0.29) is 55.0 Å². The van der Waals surface area contributed by atoms with Crippen LogP contribution in [0.3, 0.4) is 0 Å². The van der Waals surface area contributed by atoms with E-state index in [0.29, 0.717) is 88.8 Å². The molecule has 2 aromatic heterocycles. The van der Waals surface area contributed by atoms with Gasteiger partial charge in [0.25, 0.3) is 5.91 Å². The highest BCUT2D eigenvalue weighted by Crippen LogP contribution is 2.34. The van der Waals surface area contributed by atoms with Gasteiger partial charge in [-0.15, -0.1) is 11.3 Å². The smallest absolute Gasteiger partial charge is 0.255 e. The molecule has 0 radical (unpaired) electrons. The van der Waals surface area contributed by atoms with Gasteiger partial charge in [0, 0.05) is 114 Å². The van der Waals surface area contributed by atoms with Crippen LogP contribution in [0.2, 0.25) is 0 Å². The molecule has 1 unspecified atom stereocenters. The van der Waals surface area contributed by atoms with Crippen LogP contribution in [0.4, 0.5) is 17.5 Å². The lowest BCUT2D eigenvalue weighted by atomic mass is 9.84. The van der Waals surface area contributed by atoms with Crippen molar-refractivity contribution in [2.24, 2.45) is 11.8 Å². The Morgan fingerprint density at radius 1 is 0.910 bits per heavy atom. The minimum absolute atomic E-state index is 0.00881. The number of anilines is 3. The first kappa shape index (κ1) is 58.0. The number of halogens is 1. The molecular weight excluding hydrogens is 1080 g/mol. The number of rotatable bonds is 30. The molecule has 4 heterocycles. The molecular formula is C58H74BrN9O9S. The largest absolute Gasteiger partial charge is 0.494 e. The van der Waals surface area contributed by atoms with E-state index in [1.807, 2.05) is 98.9 Å². The summed E-state index contributed by atoms with van der Waals surface area (Å²) in [6.45, 7) is 10.9. The van der Waals surface area contributed by atoms with Crippen molar-refractivity contribution >= 4 is 68.3 Å². The number of hydrogen-bond donors (Lipinski definition) is 4. The SMILES string of the molecule is Cc1ncsc1-c1ccc(CNC(=O)[C@@H]2C[C@@H](O)CN2C(=O)C(C(C)C)N2Cc3ccccc3C2=O)c(OCCCOCCCCOCCCOc2ccc(Nc3ncc(Br)c(NCCCN(C)C(=O)C4CCC4)n3)cc2)c1. The van der Waals surface area contributed by atoms with E-state index in [0.717, 1.165) is 88.1 Å². The van der Waals surface area contributed by atoms with Crippen LogP contribution in [-0.4, -0.2) is 143 Å². The Morgan fingerprint density at radius 3 is 2.33 bits per heavy atom. The number of aryl methyl sites for hydroxylation is 1. The predicted molar refractivity (Wildman–Crippen MR) is 304 cm³/mol. The van der Waals surface area contributed by atoms with E-state index in [4.69, 9.17) is 18.9 Å². The maximum atomic E-state index is 14.3. The molecule has 418 valence electrons. The summed E-state index contributed by atoms with van der Waals surface area (Å²) in [6, 6.07) is 19.2. The number of aliphatic hydroxyl groups excluding tert-OH is 1. The first-order chi connectivity index (χ1) is 37.8.